The maximum atomic E-state index is 12.3. The summed E-state index contributed by atoms with van der Waals surface area (Å²) in [5.41, 5.74) is 1.25. The zero-order valence-corrected chi connectivity index (χ0v) is 15.1. The van der Waals surface area contributed by atoms with Crippen LogP contribution in [0.5, 0.6) is 0 Å². The first kappa shape index (κ1) is 18.1. The van der Waals surface area contributed by atoms with Crippen LogP contribution in [0.4, 0.5) is 5.69 Å². The van der Waals surface area contributed by atoms with Gasteiger partial charge in [0.05, 0.1) is 5.69 Å². The molecule has 2 aromatic rings. The van der Waals surface area contributed by atoms with Gasteiger partial charge in [-0.25, -0.2) is 0 Å². The van der Waals surface area contributed by atoms with Gasteiger partial charge in [0.25, 0.3) is 11.8 Å². The fraction of sp³-hybridized carbons (Fsp3) is 0.235. The molecular weight excluding hydrogens is 372 g/mol. The summed E-state index contributed by atoms with van der Waals surface area (Å²) in [6, 6.07) is 10.4. The Morgan fingerprint density at radius 3 is 2.62 bits per heavy atom. The first-order valence-corrected chi connectivity index (χ1v) is 8.21. The second kappa shape index (κ2) is 8.56. The van der Waals surface area contributed by atoms with E-state index in [9.17, 15) is 9.59 Å². The van der Waals surface area contributed by atoms with Crippen molar-refractivity contribution in [3.05, 3.63) is 58.3 Å². The molecule has 0 fully saturated rings. The van der Waals surface area contributed by atoms with Gasteiger partial charge >= 0.3 is 0 Å². The lowest BCUT2D eigenvalue weighted by Gasteiger charge is -2.11. The van der Waals surface area contributed by atoms with Gasteiger partial charge in [-0.15, -0.1) is 0 Å². The number of para-hydroxylation sites is 1. The van der Waals surface area contributed by atoms with Crippen molar-refractivity contribution in [1.29, 1.82) is 0 Å². The number of pyridine rings is 1. The summed E-state index contributed by atoms with van der Waals surface area (Å²) in [5.74, 6) is -0.598. The van der Waals surface area contributed by atoms with Crippen LogP contribution in [-0.2, 0) is 0 Å². The number of amides is 2. The summed E-state index contributed by atoms with van der Waals surface area (Å²) in [4.78, 5) is 30.4. The molecule has 0 saturated carbocycles. The summed E-state index contributed by atoms with van der Waals surface area (Å²) in [6.07, 6.45) is 1.45. The van der Waals surface area contributed by atoms with Crippen molar-refractivity contribution in [2.24, 2.45) is 0 Å². The van der Waals surface area contributed by atoms with Gasteiger partial charge in [0, 0.05) is 29.3 Å². The van der Waals surface area contributed by atoms with Crippen LogP contribution in [0.15, 0.2) is 47.1 Å². The van der Waals surface area contributed by atoms with Gasteiger partial charge in [0.1, 0.15) is 5.69 Å². The van der Waals surface area contributed by atoms with Crippen molar-refractivity contribution in [3.8, 4) is 0 Å². The fourth-order valence-electron chi connectivity index (χ4n) is 1.94. The van der Waals surface area contributed by atoms with Gasteiger partial charge in [-0.1, -0.05) is 12.1 Å². The smallest absolute Gasteiger partial charge is 0.269 e. The highest BCUT2D eigenvalue weighted by Crippen LogP contribution is 2.21. The molecule has 0 radical (unpaired) electrons. The predicted molar refractivity (Wildman–Crippen MR) is 97.2 cm³/mol. The van der Waals surface area contributed by atoms with Gasteiger partial charge in [-0.3, -0.25) is 14.6 Å². The molecule has 7 heteroatoms. The number of aromatic nitrogens is 1. The molecule has 2 rings (SSSR count). The number of nitrogens with zero attached hydrogens (tertiary/aromatic N) is 2. The molecule has 2 amide bonds. The Bertz CT molecular complexity index is 734. The second-order valence-corrected chi connectivity index (χ2v) is 6.28. The van der Waals surface area contributed by atoms with Gasteiger partial charge in [-0.2, -0.15) is 0 Å². The van der Waals surface area contributed by atoms with E-state index in [1.165, 1.54) is 12.3 Å². The standard InChI is InChI=1S/C17H19BrN4O2/c1-22(2)10-9-20-17(24)15-11-12(7-8-19-15)16(23)21-14-6-4-3-5-13(14)18/h3-8,11H,9-10H2,1-2H3,(H,20,24)(H,21,23). The lowest BCUT2D eigenvalue weighted by Crippen LogP contribution is -2.32. The average molecular weight is 391 g/mol. The van der Waals surface area contributed by atoms with Gasteiger partial charge in [0.15, 0.2) is 0 Å². The molecule has 0 atom stereocenters. The first-order valence-electron chi connectivity index (χ1n) is 7.42. The molecule has 24 heavy (non-hydrogen) atoms. The van der Waals surface area contributed by atoms with Crippen molar-refractivity contribution in [3.63, 3.8) is 0 Å². The number of carbonyl (C=O) groups excluding carboxylic acids is 2. The fourth-order valence-corrected chi connectivity index (χ4v) is 2.32. The first-order chi connectivity index (χ1) is 11.5. The van der Waals surface area contributed by atoms with E-state index in [2.05, 4.69) is 31.5 Å². The van der Waals surface area contributed by atoms with E-state index in [0.717, 1.165) is 11.0 Å². The van der Waals surface area contributed by atoms with Crippen molar-refractivity contribution in [1.82, 2.24) is 15.2 Å². The molecule has 1 aromatic carbocycles. The second-order valence-electron chi connectivity index (χ2n) is 5.42. The lowest BCUT2D eigenvalue weighted by molar-refractivity contribution is 0.0946. The van der Waals surface area contributed by atoms with E-state index in [1.807, 2.05) is 37.2 Å². The molecule has 0 aliphatic heterocycles. The number of likely N-dealkylation sites (N-methyl/N-ethyl adjacent to an activating group) is 1. The van der Waals surface area contributed by atoms with Crippen molar-refractivity contribution in [2.45, 2.75) is 0 Å². The van der Waals surface area contributed by atoms with Gasteiger partial charge < -0.3 is 15.5 Å². The lowest BCUT2D eigenvalue weighted by atomic mass is 10.2. The van der Waals surface area contributed by atoms with E-state index in [4.69, 9.17) is 0 Å². The molecule has 0 aliphatic rings. The molecule has 0 spiro atoms. The number of anilines is 1. The third-order valence-electron chi connectivity index (χ3n) is 3.22. The molecule has 126 valence electrons. The van der Waals surface area contributed by atoms with E-state index >= 15 is 0 Å². The quantitative estimate of drug-likeness (QED) is 0.793. The van der Waals surface area contributed by atoms with Crippen molar-refractivity contribution >= 4 is 33.4 Å². The van der Waals surface area contributed by atoms with Crippen LogP contribution in [0.2, 0.25) is 0 Å². The Morgan fingerprint density at radius 2 is 1.92 bits per heavy atom. The Labute approximate surface area is 149 Å². The molecule has 0 aliphatic carbocycles. The van der Waals surface area contributed by atoms with Crippen LogP contribution in [-0.4, -0.2) is 48.9 Å². The SMILES string of the molecule is CN(C)CCNC(=O)c1cc(C(=O)Nc2ccccc2Br)ccn1. The largest absolute Gasteiger partial charge is 0.349 e. The number of carbonyl (C=O) groups is 2. The molecule has 0 saturated heterocycles. The Hall–Kier alpha value is -2.25. The minimum absolute atomic E-state index is 0.216. The number of halogens is 1. The molecule has 0 bridgehead atoms. The minimum atomic E-state index is -0.299. The van der Waals surface area contributed by atoms with Crippen LogP contribution in [0, 0.1) is 0 Å². The predicted octanol–water partition coefficient (Wildman–Crippen LogP) is 2.39. The van der Waals surface area contributed by atoms with Gasteiger partial charge in [-0.05, 0) is 54.3 Å². The number of hydrogen-bond donors (Lipinski definition) is 2. The maximum Gasteiger partial charge on any atom is 0.269 e. The molecule has 0 unspecified atom stereocenters. The summed E-state index contributed by atoms with van der Waals surface area (Å²) in [7, 11) is 3.86. The number of hydrogen-bond acceptors (Lipinski definition) is 4. The zero-order valence-electron chi connectivity index (χ0n) is 13.5. The Morgan fingerprint density at radius 1 is 1.17 bits per heavy atom. The van der Waals surface area contributed by atoms with E-state index < -0.39 is 0 Å². The number of nitrogens with one attached hydrogen (secondary N) is 2. The van der Waals surface area contributed by atoms with Crippen LogP contribution >= 0.6 is 15.9 Å². The van der Waals surface area contributed by atoms with Crippen molar-refractivity contribution < 1.29 is 9.59 Å². The molecule has 6 nitrogen and oxygen atoms in total. The summed E-state index contributed by atoms with van der Waals surface area (Å²) < 4.78 is 0.786. The Kier molecular flexibility index (Phi) is 6.45. The highest BCUT2D eigenvalue weighted by molar-refractivity contribution is 9.10. The normalized spacial score (nSPS) is 10.5. The van der Waals surface area contributed by atoms with Crippen LogP contribution in [0.25, 0.3) is 0 Å². The molecule has 1 aromatic heterocycles. The van der Waals surface area contributed by atoms with Crippen molar-refractivity contribution in [2.75, 3.05) is 32.5 Å². The number of rotatable bonds is 6. The maximum absolute atomic E-state index is 12.3. The monoisotopic (exact) mass is 390 g/mol. The van der Waals surface area contributed by atoms with E-state index in [-0.39, 0.29) is 17.5 Å². The van der Waals surface area contributed by atoms with E-state index in [1.54, 1.807) is 12.1 Å². The van der Waals surface area contributed by atoms with Crippen LogP contribution < -0.4 is 10.6 Å². The highest BCUT2D eigenvalue weighted by atomic mass is 79.9. The van der Waals surface area contributed by atoms with Crippen LogP contribution in [0.3, 0.4) is 0 Å². The highest BCUT2D eigenvalue weighted by Gasteiger charge is 2.12. The summed E-state index contributed by atoms with van der Waals surface area (Å²) >= 11 is 3.38. The zero-order chi connectivity index (χ0) is 17.5. The third-order valence-corrected chi connectivity index (χ3v) is 3.91. The number of benzene rings is 1. The average Bonchev–Trinajstić information content (AvgIpc) is 2.56. The Balaban J connectivity index is 2.05. The van der Waals surface area contributed by atoms with E-state index in [0.29, 0.717) is 17.8 Å². The summed E-state index contributed by atoms with van der Waals surface area (Å²) in [5, 5.41) is 5.57. The topological polar surface area (TPSA) is 74.3 Å². The molecule has 1 heterocycles. The minimum Gasteiger partial charge on any atom is -0.349 e. The summed E-state index contributed by atoms with van der Waals surface area (Å²) in [6.45, 7) is 1.24. The van der Waals surface area contributed by atoms with Crippen LogP contribution in [0.1, 0.15) is 20.8 Å². The molecular formula is C17H19BrN4O2. The molecule has 2 N–H and O–H groups in total. The third kappa shape index (κ3) is 5.14. The van der Waals surface area contributed by atoms with Gasteiger partial charge in [0.2, 0.25) is 0 Å².